The predicted octanol–water partition coefficient (Wildman–Crippen LogP) is 4.60. The fraction of sp³-hybridized carbons (Fsp3) is 0.0556. The molecular formula is C18H16FNO. The van der Waals surface area contributed by atoms with E-state index < -0.39 is 0 Å². The predicted molar refractivity (Wildman–Crippen MR) is 84.3 cm³/mol. The van der Waals surface area contributed by atoms with Crippen molar-refractivity contribution >= 4 is 12.3 Å². The molecular weight excluding hydrogens is 265 g/mol. The quantitative estimate of drug-likeness (QED) is 0.431. The number of nitrogens with zero attached hydrogens (tertiary/aromatic N) is 1. The Balaban J connectivity index is 2.06. The van der Waals surface area contributed by atoms with Gasteiger partial charge in [0.1, 0.15) is 12.4 Å². The van der Waals surface area contributed by atoms with Crippen LogP contribution in [-0.4, -0.2) is 6.72 Å². The Morgan fingerprint density at radius 1 is 1.10 bits per heavy atom. The van der Waals surface area contributed by atoms with Gasteiger partial charge >= 0.3 is 0 Å². The molecule has 0 atom stereocenters. The highest BCUT2D eigenvalue weighted by Crippen LogP contribution is 2.17. The van der Waals surface area contributed by atoms with E-state index in [4.69, 9.17) is 4.74 Å². The van der Waals surface area contributed by atoms with E-state index in [-0.39, 0.29) is 12.4 Å². The van der Waals surface area contributed by atoms with Gasteiger partial charge in [-0.15, -0.1) is 0 Å². The van der Waals surface area contributed by atoms with Gasteiger partial charge in [-0.3, -0.25) is 0 Å². The van der Waals surface area contributed by atoms with Gasteiger partial charge in [0.05, 0.1) is 0 Å². The number of allylic oxidation sites excluding steroid dienone is 2. The minimum atomic E-state index is -0.303. The minimum absolute atomic E-state index is 0.0968. The van der Waals surface area contributed by atoms with Gasteiger partial charge in [0.25, 0.3) is 0 Å². The van der Waals surface area contributed by atoms with E-state index in [0.717, 1.165) is 11.1 Å². The Morgan fingerprint density at radius 2 is 1.76 bits per heavy atom. The first-order chi connectivity index (χ1) is 10.2. The van der Waals surface area contributed by atoms with Crippen molar-refractivity contribution in [3.05, 3.63) is 90.1 Å². The van der Waals surface area contributed by atoms with Crippen LogP contribution in [0.4, 0.5) is 4.39 Å². The standard InChI is InChI=1S/C18H16FNO/c1-14(15-8-4-3-5-9-15)12-18(20-2)21-13-16-10-6-7-11-17(16)19/h3-12H,1-2,13H2/b18-12+. The van der Waals surface area contributed by atoms with Crippen molar-refractivity contribution in [3.63, 3.8) is 0 Å². The molecule has 0 saturated carbocycles. The minimum Gasteiger partial charge on any atom is -0.473 e. The van der Waals surface area contributed by atoms with Crippen LogP contribution >= 0.6 is 0 Å². The van der Waals surface area contributed by atoms with E-state index in [1.54, 1.807) is 24.3 Å². The van der Waals surface area contributed by atoms with Crippen LogP contribution in [0.5, 0.6) is 0 Å². The van der Waals surface area contributed by atoms with Gasteiger partial charge in [0.15, 0.2) is 0 Å². The summed E-state index contributed by atoms with van der Waals surface area (Å²) in [5.74, 6) is 0.00917. The number of benzene rings is 2. The number of ether oxygens (including phenoxy) is 1. The zero-order valence-electron chi connectivity index (χ0n) is 11.6. The van der Waals surface area contributed by atoms with Gasteiger partial charge in [-0.25, -0.2) is 9.38 Å². The molecule has 2 aromatic rings. The second kappa shape index (κ2) is 7.20. The third-order valence-electron chi connectivity index (χ3n) is 2.93. The molecule has 0 radical (unpaired) electrons. The number of hydrogen-bond acceptors (Lipinski definition) is 2. The smallest absolute Gasteiger partial charge is 0.213 e. The molecule has 0 aliphatic rings. The molecule has 0 unspecified atom stereocenters. The lowest BCUT2D eigenvalue weighted by atomic mass is 10.1. The zero-order chi connectivity index (χ0) is 15.1. The molecule has 2 rings (SSSR count). The highest BCUT2D eigenvalue weighted by molar-refractivity contribution is 5.72. The highest BCUT2D eigenvalue weighted by atomic mass is 19.1. The van der Waals surface area contributed by atoms with Crippen molar-refractivity contribution in [3.8, 4) is 0 Å². The largest absolute Gasteiger partial charge is 0.473 e. The lowest BCUT2D eigenvalue weighted by Crippen LogP contribution is -1.95. The number of halogens is 1. The summed E-state index contributed by atoms with van der Waals surface area (Å²) in [6.07, 6.45) is 1.68. The monoisotopic (exact) mass is 281 g/mol. The maximum atomic E-state index is 13.5. The molecule has 2 nitrogen and oxygen atoms in total. The molecule has 21 heavy (non-hydrogen) atoms. The van der Waals surface area contributed by atoms with Gasteiger partial charge in [0, 0.05) is 11.6 Å². The van der Waals surface area contributed by atoms with Crippen LogP contribution in [0.25, 0.3) is 5.57 Å². The van der Waals surface area contributed by atoms with Crippen molar-refractivity contribution in [2.75, 3.05) is 0 Å². The van der Waals surface area contributed by atoms with Crippen molar-refractivity contribution in [2.45, 2.75) is 6.61 Å². The van der Waals surface area contributed by atoms with E-state index >= 15 is 0 Å². The van der Waals surface area contributed by atoms with Crippen LogP contribution in [-0.2, 0) is 11.3 Å². The molecule has 2 aromatic carbocycles. The topological polar surface area (TPSA) is 21.6 Å². The average molecular weight is 281 g/mol. The summed E-state index contributed by atoms with van der Waals surface area (Å²) in [6, 6.07) is 16.1. The summed E-state index contributed by atoms with van der Waals surface area (Å²) >= 11 is 0. The molecule has 0 fully saturated rings. The molecule has 106 valence electrons. The maximum Gasteiger partial charge on any atom is 0.213 e. The fourth-order valence-electron chi connectivity index (χ4n) is 1.78. The van der Waals surface area contributed by atoms with Crippen LogP contribution in [0.1, 0.15) is 11.1 Å². The summed E-state index contributed by atoms with van der Waals surface area (Å²) in [5, 5.41) is 0. The van der Waals surface area contributed by atoms with Crippen LogP contribution in [0, 0.1) is 5.82 Å². The Morgan fingerprint density at radius 3 is 2.43 bits per heavy atom. The molecule has 3 heteroatoms. The van der Waals surface area contributed by atoms with Gasteiger partial charge in [-0.05, 0) is 23.9 Å². The average Bonchev–Trinajstić information content (AvgIpc) is 2.53. The summed E-state index contributed by atoms with van der Waals surface area (Å²) in [6.45, 7) is 7.53. The van der Waals surface area contributed by atoms with E-state index in [1.807, 2.05) is 30.3 Å². The van der Waals surface area contributed by atoms with Crippen LogP contribution in [0.15, 0.2) is 78.1 Å². The van der Waals surface area contributed by atoms with E-state index in [9.17, 15) is 4.39 Å². The second-order valence-corrected chi connectivity index (χ2v) is 4.41. The molecule has 0 spiro atoms. The maximum absolute atomic E-state index is 13.5. The fourth-order valence-corrected chi connectivity index (χ4v) is 1.78. The van der Waals surface area contributed by atoms with Gasteiger partial charge in [-0.1, -0.05) is 55.1 Å². The third kappa shape index (κ3) is 4.14. The number of aliphatic imine (C=N–C) groups is 1. The first kappa shape index (κ1) is 14.7. The Hall–Kier alpha value is -2.68. The Labute approximate surface area is 123 Å². The Kier molecular flexibility index (Phi) is 5.04. The molecule has 0 aromatic heterocycles. The normalized spacial score (nSPS) is 11.0. The summed E-state index contributed by atoms with van der Waals surface area (Å²) in [7, 11) is 0. The van der Waals surface area contributed by atoms with Gasteiger partial charge in [-0.2, -0.15) is 0 Å². The third-order valence-corrected chi connectivity index (χ3v) is 2.93. The van der Waals surface area contributed by atoms with E-state index in [1.165, 1.54) is 6.07 Å². The van der Waals surface area contributed by atoms with Crippen molar-refractivity contribution in [1.82, 2.24) is 0 Å². The SMILES string of the molecule is C=N/C(=C\C(=C)c1ccccc1)OCc1ccccc1F. The van der Waals surface area contributed by atoms with Crippen LogP contribution in [0.2, 0.25) is 0 Å². The summed E-state index contributed by atoms with van der Waals surface area (Å²) in [4.78, 5) is 3.80. The molecule has 0 heterocycles. The van der Waals surface area contributed by atoms with Gasteiger partial charge in [0.2, 0.25) is 5.88 Å². The molecule has 0 aliphatic carbocycles. The lowest BCUT2D eigenvalue weighted by Gasteiger charge is -2.08. The van der Waals surface area contributed by atoms with E-state index in [2.05, 4.69) is 18.3 Å². The number of rotatable bonds is 6. The summed E-state index contributed by atoms with van der Waals surface area (Å²) in [5.41, 5.74) is 2.19. The first-order valence-corrected chi connectivity index (χ1v) is 6.49. The molecule has 0 bridgehead atoms. The van der Waals surface area contributed by atoms with Crippen LogP contribution in [0.3, 0.4) is 0 Å². The lowest BCUT2D eigenvalue weighted by molar-refractivity contribution is 0.194. The molecule has 0 saturated heterocycles. The molecule has 0 N–H and O–H groups in total. The van der Waals surface area contributed by atoms with E-state index in [0.29, 0.717) is 11.4 Å². The molecule has 0 aliphatic heterocycles. The number of hydrogen-bond donors (Lipinski definition) is 0. The molecule has 0 amide bonds. The van der Waals surface area contributed by atoms with Crippen LogP contribution < -0.4 is 0 Å². The van der Waals surface area contributed by atoms with Gasteiger partial charge < -0.3 is 4.74 Å². The van der Waals surface area contributed by atoms with Crippen molar-refractivity contribution in [2.24, 2.45) is 4.99 Å². The van der Waals surface area contributed by atoms with Crippen molar-refractivity contribution in [1.29, 1.82) is 0 Å². The zero-order valence-corrected chi connectivity index (χ0v) is 11.6. The van der Waals surface area contributed by atoms with Crippen molar-refractivity contribution < 1.29 is 9.13 Å². The highest BCUT2D eigenvalue weighted by Gasteiger charge is 2.03. The Bertz CT molecular complexity index is 662. The summed E-state index contributed by atoms with van der Waals surface area (Å²) < 4.78 is 19.0. The second-order valence-electron chi connectivity index (χ2n) is 4.41. The first-order valence-electron chi connectivity index (χ1n) is 6.49.